The number of fused-ring (bicyclic) bond motifs is 2. The van der Waals surface area contributed by atoms with Gasteiger partial charge in [-0.2, -0.15) is 22.0 Å². The highest BCUT2D eigenvalue weighted by Crippen LogP contribution is 2.36. The monoisotopic (exact) mass is 487 g/mol. The summed E-state index contributed by atoms with van der Waals surface area (Å²) in [6, 6.07) is 6.45. The Balaban J connectivity index is 1.51. The number of hydrogen-bond donors (Lipinski definition) is 0. The molecule has 35 heavy (non-hydrogen) atoms. The number of thioether (sulfide) groups is 1. The van der Waals surface area contributed by atoms with Gasteiger partial charge in [-0.05, 0) is 29.9 Å². The highest BCUT2D eigenvalue weighted by Gasteiger charge is 2.28. The van der Waals surface area contributed by atoms with Crippen molar-refractivity contribution in [3.05, 3.63) is 48.2 Å². The van der Waals surface area contributed by atoms with Gasteiger partial charge in [0.2, 0.25) is 5.91 Å². The molecule has 0 saturated carbocycles. The van der Waals surface area contributed by atoms with E-state index in [1.54, 1.807) is 4.68 Å². The lowest BCUT2D eigenvalue weighted by Gasteiger charge is -2.30. The number of benzene rings is 1. The first kappa shape index (κ1) is 22.2. The van der Waals surface area contributed by atoms with Gasteiger partial charge in [0.15, 0.2) is 0 Å². The molecule has 1 aromatic carbocycles. The molecule has 0 bridgehead atoms. The van der Waals surface area contributed by atoms with E-state index in [0.29, 0.717) is 13.0 Å². The number of amides is 1. The maximum atomic E-state index is 12.6. The molecule has 6 rings (SSSR count). The lowest BCUT2D eigenvalue weighted by molar-refractivity contribution is -0.132. The molecule has 0 N–H and O–H groups in total. The van der Waals surface area contributed by atoms with Gasteiger partial charge in [0.25, 0.3) is 0 Å². The van der Waals surface area contributed by atoms with Crippen molar-refractivity contribution < 1.29 is 4.79 Å². The molecule has 2 aliphatic rings. The Bertz CT molecular complexity index is 1470. The van der Waals surface area contributed by atoms with Gasteiger partial charge in [-0.15, -0.1) is 0 Å². The van der Waals surface area contributed by atoms with E-state index in [1.165, 1.54) is 5.57 Å². The summed E-state index contributed by atoms with van der Waals surface area (Å²) in [5.74, 6) is 3.42. The second-order valence-electron chi connectivity index (χ2n) is 9.21. The summed E-state index contributed by atoms with van der Waals surface area (Å²) >= 11 is 1.96. The second-order valence-corrected chi connectivity index (χ2v) is 10.4. The molecule has 5 heterocycles. The Morgan fingerprint density at radius 3 is 2.77 bits per heavy atom. The topological polar surface area (TPSA) is 73.8 Å². The van der Waals surface area contributed by atoms with Gasteiger partial charge in [0.1, 0.15) is 11.5 Å². The second kappa shape index (κ2) is 8.71. The van der Waals surface area contributed by atoms with Crippen LogP contribution in [0.3, 0.4) is 0 Å². The van der Waals surface area contributed by atoms with Gasteiger partial charge in [-0.25, -0.2) is 4.98 Å². The van der Waals surface area contributed by atoms with Gasteiger partial charge in [-0.3, -0.25) is 14.2 Å². The van der Waals surface area contributed by atoms with Crippen molar-refractivity contribution in [3.8, 4) is 22.5 Å². The number of nitrogens with zero attached hydrogens (tertiary/aromatic N) is 7. The number of carbonyl (C=O) groups excluding carboxylic acids is 1. The molecule has 0 saturated heterocycles. The van der Waals surface area contributed by atoms with Crippen molar-refractivity contribution in [1.82, 2.24) is 34.0 Å². The molecule has 180 valence electrons. The summed E-state index contributed by atoms with van der Waals surface area (Å²) in [4.78, 5) is 19.8. The minimum Gasteiger partial charge on any atom is -0.335 e. The molecule has 4 aromatic rings. The minimum atomic E-state index is 0.194. The molecule has 0 fully saturated rings. The summed E-state index contributed by atoms with van der Waals surface area (Å²) in [6.07, 6.45) is 7.72. The molecule has 1 amide bonds. The van der Waals surface area contributed by atoms with Crippen LogP contribution in [0.5, 0.6) is 0 Å². The summed E-state index contributed by atoms with van der Waals surface area (Å²) in [5.41, 5.74) is 7.45. The highest BCUT2D eigenvalue weighted by atomic mass is 32.2. The molecular weight excluding hydrogens is 458 g/mol. The van der Waals surface area contributed by atoms with Crippen LogP contribution >= 0.6 is 11.8 Å². The Kier molecular flexibility index (Phi) is 5.51. The Morgan fingerprint density at radius 1 is 1.14 bits per heavy atom. The number of aryl methyl sites for hydroxylation is 2. The molecule has 2 aliphatic heterocycles. The van der Waals surface area contributed by atoms with Crippen molar-refractivity contribution in [2.24, 2.45) is 14.1 Å². The highest BCUT2D eigenvalue weighted by molar-refractivity contribution is 7.99. The van der Waals surface area contributed by atoms with E-state index in [9.17, 15) is 4.79 Å². The third-order valence-electron chi connectivity index (χ3n) is 7.01. The number of allylic oxidation sites excluding steroid dienone is 1. The first-order chi connectivity index (χ1) is 17.0. The van der Waals surface area contributed by atoms with Crippen LogP contribution in [0.2, 0.25) is 0 Å². The van der Waals surface area contributed by atoms with E-state index in [0.717, 1.165) is 76.0 Å². The Hall–Kier alpha value is -3.33. The quantitative estimate of drug-likeness (QED) is 0.433. The number of aromatic nitrogens is 6. The lowest BCUT2D eigenvalue weighted by atomic mass is 10.0. The Labute approximate surface area is 208 Å². The predicted molar refractivity (Wildman–Crippen MR) is 140 cm³/mol. The third kappa shape index (κ3) is 3.78. The van der Waals surface area contributed by atoms with Crippen LogP contribution in [0.25, 0.3) is 39.0 Å². The third-order valence-corrected chi connectivity index (χ3v) is 7.91. The fourth-order valence-electron chi connectivity index (χ4n) is 5.18. The van der Waals surface area contributed by atoms with E-state index in [4.69, 9.17) is 10.1 Å². The van der Waals surface area contributed by atoms with Gasteiger partial charge in [0.05, 0.1) is 29.6 Å². The number of imidazole rings is 1. The molecule has 0 aliphatic carbocycles. The largest absolute Gasteiger partial charge is 0.335 e. The first-order valence-corrected chi connectivity index (χ1v) is 13.3. The van der Waals surface area contributed by atoms with Gasteiger partial charge < -0.3 is 9.47 Å². The van der Waals surface area contributed by atoms with Crippen LogP contribution in [0.15, 0.2) is 36.7 Å². The fourth-order valence-corrected chi connectivity index (χ4v) is 6.03. The molecule has 9 heteroatoms. The molecule has 0 atom stereocenters. The lowest BCUT2D eigenvalue weighted by Crippen LogP contribution is -2.38. The van der Waals surface area contributed by atoms with Gasteiger partial charge in [0, 0.05) is 62.1 Å². The van der Waals surface area contributed by atoms with Crippen LogP contribution in [0, 0.1) is 0 Å². The summed E-state index contributed by atoms with van der Waals surface area (Å²) in [7, 11) is 3.89. The molecule has 3 aromatic heterocycles. The van der Waals surface area contributed by atoms with E-state index >= 15 is 0 Å². The SMILES string of the molecule is CCC(=O)N1CCn2c(C3=CCSCC3)nc(-c3ccc4c(c3)c(-c3cnn(C)c3)nn4C)c2C1. The summed E-state index contributed by atoms with van der Waals surface area (Å²) < 4.78 is 6.07. The van der Waals surface area contributed by atoms with Crippen molar-refractivity contribution in [2.45, 2.75) is 32.9 Å². The van der Waals surface area contributed by atoms with Crippen molar-refractivity contribution in [1.29, 1.82) is 0 Å². The molecule has 8 nitrogen and oxygen atoms in total. The number of rotatable bonds is 4. The average molecular weight is 488 g/mol. The maximum Gasteiger partial charge on any atom is 0.222 e. The maximum absolute atomic E-state index is 12.6. The van der Waals surface area contributed by atoms with Crippen molar-refractivity contribution >= 4 is 34.1 Å². The molecular formula is C26H29N7OS. The number of carbonyl (C=O) groups is 1. The molecule has 0 radical (unpaired) electrons. The van der Waals surface area contributed by atoms with Crippen molar-refractivity contribution in [3.63, 3.8) is 0 Å². The first-order valence-electron chi connectivity index (χ1n) is 12.1. The standard InChI is InChI=1S/C26H29N7OS/c1-4-23(34)32-9-10-33-22(16-32)25(28-26(33)17-7-11-35-12-8-17)18-5-6-21-20(13-18)24(29-31(21)3)19-14-27-30(2)15-19/h5-7,13-15H,4,8-12,16H2,1-3H3. The van der Waals surface area contributed by atoms with Crippen LogP contribution in [-0.2, 0) is 32.0 Å². The van der Waals surface area contributed by atoms with Gasteiger partial charge in [-0.1, -0.05) is 19.1 Å². The molecule has 0 unspecified atom stereocenters. The van der Waals surface area contributed by atoms with Crippen LogP contribution in [0.4, 0.5) is 0 Å². The van der Waals surface area contributed by atoms with E-state index in [2.05, 4.69) is 33.9 Å². The zero-order valence-electron chi connectivity index (χ0n) is 20.4. The Morgan fingerprint density at radius 2 is 2.03 bits per heavy atom. The smallest absolute Gasteiger partial charge is 0.222 e. The van der Waals surface area contributed by atoms with E-state index in [1.807, 2.05) is 54.8 Å². The zero-order valence-corrected chi connectivity index (χ0v) is 21.2. The minimum absolute atomic E-state index is 0.194. The van der Waals surface area contributed by atoms with Crippen LogP contribution in [0.1, 0.15) is 31.3 Å². The number of hydrogen-bond acceptors (Lipinski definition) is 5. The summed E-state index contributed by atoms with van der Waals surface area (Å²) in [5, 5.41) is 10.2. The van der Waals surface area contributed by atoms with Crippen LogP contribution in [-0.4, -0.2) is 58.0 Å². The van der Waals surface area contributed by atoms with Crippen molar-refractivity contribution in [2.75, 3.05) is 18.1 Å². The van der Waals surface area contributed by atoms with Gasteiger partial charge >= 0.3 is 0 Å². The fraction of sp³-hybridized carbons (Fsp3) is 0.385. The van der Waals surface area contributed by atoms with E-state index < -0.39 is 0 Å². The molecule has 0 spiro atoms. The summed E-state index contributed by atoms with van der Waals surface area (Å²) in [6.45, 7) is 4.04. The van der Waals surface area contributed by atoms with E-state index in [-0.39, 0.29) is 5.91 Å². The normalized spacial score (nSPS) is 16.0. The van der Waals surface area contributed by atoms with Crippen LogP contribution < -0.4 is 0 Å². The predicted octanol–water partition coefficient (Wildman–Crippen LogP) is 4.11. The average Bonchev–Trinajstić information content (AvgIpc) is 3.58. The zero-order chi connectivity index (χ0) is 24.1.